The van der Waals surface area contributed by atoms with Gasteiger partial charge in [-0.2, -0.15) is 0 Å². The van der Waals surface area contributed by atoms with Gasteiger partial charge < -0.3 is 4.90 Å². The molecule has 1 saturated heterocycles. The Morgan fingerprint density at radius 2 is 1.77 bits per heavy atom. The number of carbonyl (C=O) groups excluding carboxylic acids is 1. The third-order valence-electron chi connectivity index (χ3n) is 5.86. The van der Waals surface area contributed by atoms with Crippen molar-refractivity contribution in [3.05, 3.63) is 69.8 Å². The molecule has 0 N–H and O–H groups in total. The van der Waals surface area contributed by atoms with Crippen LogP contribution in [-0.2, 0) is 17.8 Å². The zero-order valence-electron chi connectivity index (χ0n) is 18.1. The minimum atomic E-state index is -0.314. The largest absolute Gasteiger partial charge is 0.309 e. The monoisotopic (exact) mass is 409 g/mol. The third kappa shape index (κ3) is 5.05. The van der Waals surface area contributed by atoms with Crippen molar-refractivity contribution in [2.75, 3.05) is 18.0 Å². The van der Waals surface area contributed by atoms with Crippen molar-refractivity contribution < 1.29 is 9.72 Å². The molecule has 6 heteroatoms. The molecule has 0 bridgehead atoms. The minimum Gasteiger partial charge on any atom is -0.309 e. The number of para-hydroxylation sites is 1. The highest BCUT2D eigenvalue weighted by molar-refractivity contribution is 5.95. The molecule has 6 nitrogen and oxygen atoms in total. The van der Waals surface area contributed by atoms with E-state index in [1.807, 2.05) is 30.9 Å². The Morgan fingerprint density at radius 1 is 1.13 bits per heavy atom. The average Bonchev–Trinajstić information content (AvgIpc) is 2.75. The second-order valence-electron chi connectivity index (χ2n) is 8.28. The van der Waals surface area contributed by atoms with Crippen LogP contribution in [0.3, 0.4) is 0 Å². The van der Waals surface area contributed by atoms with Crippen molar-refractivity contribution in [3.8, 4) is 0 Å². The van der Waals surface area contributed by atoms with Crippen LogP contribution in [0.5, 0.6) is 0 Å². The van der Waals surface area contributed by atoms with Crippen LogP contribution in [0.2, 0.25) is 0 Å². The molecule has 1 aliphatic rings. The molecule has 3 rings (SSSR count). The number of nitro groups is 1. The molecule has 30 heavy (non-hydrogen) atoms. The lowest BCUT2D eigenvalue weighted by Gasteiger charge is -2.39. The van der Waals surface area contributed by atoms with E-state index in [0.717, 1.165) is 43.6 Å². The van der Waals surface area contributed by atoms with E-state index in [-0.39, 0.29) is 28.5 Å². The van der Waals surface area contributed by atoms with Gasteiger partial charge in [-0.1, -0.05) is 51.1 Å². The lowest BCUT2D eigenvalue weighted by molar-refractivity contribution is -0.385. The predicted molar refractivity (Wildman–Crippen MR) is 120 cm³/mol. The Balaban J connectivity index is 1.71. The number of nitro benzene ring substituents is 1. The van der Waals surface area contributed by atoms with Crippen LogP contribution in [0.1, 0.15) is 44.7 Å². The number of anilines is 1. The summed E-state index contributed by atoms with van der Waals surface area (Å²) in [7, 11) is 0. The molecule has 0 unspecified atom stereocenters. The molecule has 1 fully saturated rings. The maximum absolute atomic E-state index is 13.0. The number of likely N-dealkylation sites (tertiary alicyclic amines) is 1. The fourth-order valence-electron chi connectivity index (χ4n) is 4.09. The second-order valence-corrected chi connectivity index (χ2v) is 8.28. The molecule has 1 amide bonds. The van der Waals surface area contributed by atoms with Gasteiger partial charge in [-0.25, -0.2) is 0 Å². The normalized spacial score (nSPS) is 15.3. The second kappa shape index (κ2) is 9.85. The Morgan fingerprint density at radius 3 is 2.33 bits per heavy atom. The summed E-state index contributed by atoms with van der Waals surface area (Å²) in [5.74, 6) is 0.0808. The predicted octanol–water partition coefficient (Wildman–Crippen LogP) is 4.81. The van der Waals surface area contributed by atoms with Crippen molar-refractivity contribution in [1.29, 1.82) is 0 Å². The van der Waals surface area contributed by atoms with Crippen LogP contribution in [0, 0.1) is 16.0 Å². The van der Waals surface area contributed by atoms with E-state index in [1.165, 1.54) is 5.56 Å². The summed E-state index contributed by atoms with van der Waals surface area (Å²) in [5.41, 5.74) is 3.14. The Kier molecular flexibility index (Phi) is 7.21. The third-order valence-corrected chi connectivity index (χ3v) is 5.86. The fourth-order valence-corrected chi connectivity index (χ4v) is 4.09. The highest BCUT2D eigenvalue weighted by Crippen LogP contribution is 2.28. The van der Waals surface area contributed by atoms with E-state index in [2.05, 4.69) is 36.1 Å². The zero-order valence-corrected chi connectivity index (χ0v) is 18.1. The van der Waals surface area contributed by atoms with Gasteiger partial charge in [0.1, 0.15) is 0 Å². The number of hydrogen-bond acceptors (Lipinski definition) is 4. The van der Waals surface area contributed by atoms with Crippen molar-refractivity contribution in [2.45, 2.75) is 52.6 Å². The van der Waals surface area contributed by atoms with Crippen LogP contribution in [-0.4, -0.2) is 34.9 Å². The van der Waals surface area contributed by atoms with Crippen molar-refractivity contribution in [1.82, 2.24) is 4.90 Å². The first kappa shape index (κ1) is 22.0. The minimum absolute atomic E-state index is 0.0687. The molecule has 160 valence electrons. The van der Waals surface area contributed by atoms with Crippen molar-refractivity contribution in [3.63, 3.8) is 0 Å². The molecule has 0 radical (unpaired) electrons. The number of amides is 1. The van der Waals surface area contributed by atoms with Gasteiger partial charge in [-0.15, -0.1) is 0 Å². The van der Waals surface area contributed by atoms with E-state index in [4.69, 9.17) is 0 Å². The molecule has 0 saturated carbocycles. The van der Waals surface area contributed by atoms with Gasteiger partial charge in [0.05, 0.1) is 4.92 Å². The summed E-state index contributed by atoms with van der Waals surface area (Å²) in [6.07, 6.45) is 2.69. The molecule has 0 spiro atoms. The first-order chi connectivity index (χ1) is 14.4. The molecule has 1 aliphatic heterocycles. The van der Waals surface area contributed by atoms with Crippen LogP contribution in [0.15, 0.2) is 48.5 Å². The van der Waals surface area contributed by atoms with E-state index < -0.39 is 0 Å². The zero-order chi connectivity index (χ0) is 21.7. The van der Waals surface area contributed by atoms with E-state index in [0.29, 0.717) is 6.54 Å². The topological polar surface area (TPSA) is 66.7 Å². The maximum atomic E-state index is 13.0. The fraction of sp³-hybridized carbons (Fsp3) is 0.458. The molecule has 2 aromatic carbocycles. The summed E-state index contributed by atoms with van der Waals surface area (Å²) in [6, 6.07) is 15.4. The summed E-state index contributed by atoms with van der Waals surface area (Å²) >= 11 is 0. The summed E-state index contributed by atoms with van der Waals surface area (Å²) in [6.45, 7) is 8.20. The molecular formula is C24H31N3O3. The number of benzene rings is 2. The number of aryl methyl sites for hydroxylation is 1. The standard InChI is InChI=1S/C24H31N3O3/c1-4-19-9-11-21(12-10-19)26(24(28)18(2)3)22-13-15-25(16-14-22)17-20-7-5-6-8-23(20)27(29)30/h5-12,18,22H,4,13-17H2,1-3H3. The molecule has 0 atom stereocenters. The summed E-state index contributed by atoms with van der Waals surface area (Å²) in [5, 5.41) is 11.3. The Bertz CT molecular complexity index is 872. The van der Waals surface area contributed by atoms with Gasteiger partial charge in [-0.3, -0.25) is 19.8 Å². The number of rotatable bonds is 7. The van der Waals surface area contributed by atoms with E-state index in [1.54, 1.807) is 12.1 Å². The van der Waals surface area contributed by atoms with Gasteiger partial charge in [0.15, 0.2) is 0 Å². The highest BCUT2D eigenvalue weighted by atomic mass is 16.6. The van der Waals surface area contributed by atoms with Gasteiger partial charge in [-0.05, 0) is 37.0 Å². The number of carbonyl (C=O) groups is 1. The SMILES string of the molecule is CCc1ccc(N(C(=O)C(C)C)C2CCN(Cc3ccccc3[N+](=O)[O-])CC2)cc1. The van der Waals surface area contributed by atoms with E-state index in [9.17, 15) is 14.9 Å². The Hall–Kier alpha value is -2.73. The van der Waals surface area contributed by atoms with Crippen LogP contribution in [0.4, 0.5) is 11.4 Å². The Labute approximate surface area is 178 Å². The highest BCUT2D eigenvalue weighted by Gasteiger charge is 2.31. The molecule has 2 aromatic rings. The van der Waals surface area contributed by atoms with Crippen LogP contribution in [0.25, 0.3) is 0 Å². The van der Waals surface area contributed by atoms with Crippen molar-refractivity contribution in [2.24, 2.45) is 5.92 Å². The quantitative estimate of drug-likeness (QED) is 0.486. The molecule has 1 heterocycles. The van der Waals surface area contributed by atoms with Gasteiger partial charge >= 0.3 is 0 Å². The lowest BCUT2D eigenvalue weighted by Crippen LogP contribution is -2.48. The molecular weight excluding hydrogens is 378 g/mol. The summed E-state index contributed by atoms with van der Waals surface area (Å²) in [4.78, 5) is 28.2. The smallest absolute Gasteiger partial charge is 0.273 e. The summed E-state index contributed by atoms with van der Waals surface area (Å²) < 4.78 is 0. The van der Waals surface area contributed by atoms with Gasteiger partial charge in [0, 0.05) is 48.9 Å². The lowest BCUT2D eigenvalue weighted by atomic mass is 9.99. The van der Waals surface area contributed by atoms with E-state index >= 15 is 0 Å². The van der Waals surface area contributed by atoms with Crippen LogP contribution < -0.4 is 4.90 Å². The average molecular weight is 410 g/mol. The number of hydrogen-bond donors (Lipinski definition) is 0. The number of piperidine rings is 1. The van der Waals surface area contributed by atoms with Crippen LogP contribution >= 0.6 is 0 Å². The van der Waals surface area contributed by atoms with Gasteiger partial charge in [0.2, 0.25) is 5.91 Å². The maximum Gasteiger partial charge on any atom is 0.273 e. The number of nitrogens with zero attached hydrogens (tertiary/aromatic N) is 3. The molecule has 0 aliphatic carbocycles. The van der Waals surface area contributed by atoms with Gasteiger partial charge in [0.25, 0.3) is 5.69 Å². The molecule has 0 aromatic heterocycles. The first-order valence-corrected chi connectivity index (χ1v) is 10.8. The van der Waals surface area contributed by atoms with Crippen molar-refractivity contribution >= 4 is 17.3 Å². The first-order valence-electron chi connectivity index (χ1n) is 10.8.